The van der Waals surface area contributed by atoms with Gasteiger partial charge in [-0.15, -0.1) is 0 Å². The zero-order valence-electron chi connectivity index (χ0n) is 22.1. The molecule has 7 nitrogen and oxygen atoms in total. The van der Waals surface area contributed by atoms with Gasteiger partial charge in [0.05, 0.1) is 16.8 Å². The van der Waals surface area contributed by atoms with Crippen LogP contribution in [0.5, 0.6) is 17.2 Å². The Morgan fingerprint density at radius 1 is 0.786 bits per heavy atom. The van der Waals surface area contributed by atoms with Gasteiger partial charge >= 0.3 is 5.97 Å². The van der Waals surface area contributed by atoms with Crippen LogP contribution in [0.25, 0.3) is 10.8 Å². The van der Waals surface area contributed by atoms with Gasteiger partial charge in [-0.1, -0.05) is 83.9 Å². The molecule has 5 aromatic carbocycles. The zero-order chi connectivity index (χ0) is 29.3. The van der Waals surface area contributed by atoms with Crippen molar-refractivity contribution in [3.05, 3.63) is 136 Å². The van der Waals surface area contributed by atoms with Crippen LogP contribution in [0.3, 0.4) is 0 Å². The van der Waals surface area contributed by atoms with Gasteiger partial charge in [0.1, 0.15) is 23.9 Å². The molecule has 1 amide bonds. The molecule has 0 atom stereocenters. The van der Waals surface area contributed by atoms with E-state index in [1.54, 1.807) is 36.4 Å². The van der Waals surface area contributed by atoms with E-state index < -0.39 is 11.9 Å². The van der Waals surface area contributed by atoms with Crippen LogP contribution in [0.2, 0.25) is 10.0 Å². The Labute approximate surface area is 252 Å². The summed E-state index contributed by atoms with van der Waals surface area (Å²) in [5.41, 5.74) is 4.18. The first-order chi connectivity index (χ1) is 20.5. The van der Waals surface area contributed by atoms with Crippen molar-refractivity contribution in [1.29, 1.82) is 0 Å². The molecule has 1 N–H and O–H groups in total. The summed E-state index contributed by atoms with van der Waals surface area (Å²) in [4.78, 5) is 25.3. The molecule has 0 spiro atoms. The molecule has 0 saturated heterocycles. The van der Waals surface area contributed by atoms with E-state index in [9.17, 15) is 9.59 Å². The number of halogens is 2. The largest absolute Gasteiger partial charge is 0.489 e. The number of carbonyl (C=O) groups excluding carboxylic acids is 2. The third-order valence-electron chi connectivity index (χ3n) is 6.11. The van der Waals surface area contributed by atoms with Gasteiger partial charge in [-0.2, -0.15) is 5.10 Å². The normalized spacial score (nSPS) is 10.9. The molecule has 5 aromatic rings. The van der Waals surface area contributed by atoms with Crippen molar-refractivity contribution < 1.29 is 23.8 Å². The number of fused-ring (bicyclic) bond motifs is 1. The van der Waals surface area contributed by atoms with Crippen LogP contribution < -0.4 is 19.6 Å². The van der Waals surface area contributed by atoms with Crippen molar-refractivity contribution in [3.8, 4) is 17.2 Å². The summed E-state index contributed by atoms with van der Waals surface area (Å²) in [5, 5.41) is 6.32. The fraction of sp³-hybridized carbons (Fsp3) is 0.0606. The van der Waals surface area contributed by atoms with Crippen LogP contribution in [0.15, 0.2) is 114 Å². The predicted octanol–water partition coefficient (Wildman–Crippen LogP) is 7.47. The maximum atomic E-state index is 12.9. The number of benzene rings is 5. The average molecular weight is 599 g/mol. The van der Waals surface area contributed by atoms with Crippen LogP contribution >= 0.6 is 23.2 Å². The minimum absolute atomic E-state index is 0.165. The number of carbonyl (C=O) groups is 2. The second kappa shape index (κ2) is 13.7. The van der Waals surface area contributed by atoms with Crippen LogP contribution in [0, 0.1) is 0 Å². The smallest absolute Gasteiger partial charge is 0.345 e. The molecular formula is C33H24Cl2N2O5. The molecule has 5 rings (SSSR count). The summed E-state index contributed by atoms with van der Waals surface area (Å²) >= 11 is 12.1. The lowest BCUT2D eigenvalue weighted by Gasteiger charge is -2.11. The molecule has 0 fully saturated rings. The van der Waals surface area contributed by atoms with Gasteiger partial charge < -0.3 is 14.2 Å². The fourth-order valence-electron chi connectivity index (χ4n) is 4.03. The zero-order valence-corrected chi connectivity index (χ0v) is 23.6. The lowest BCUT2D eigenvalue weighted by molar-refractivity contribution is -0.123. The molecule has 0 bridgehead atoms. The van der Waals surface area contributed by atoms with Gasteiger partial charge in [0.25, 0.3) is 5.91 Å². The minimum Gasteiger partial charge on any atom is -0.489 e. The number of ether oxygens (including phenoxy) is 3. The van der Waals surface area contributed by atoms with Crippen molar-refractivity contribution in [2.75, 3.05) is 6.61 Å². The summed E-state index contributed by atoms with van der Waals surface area (Å²) in [5.74, 6) is 0.307. The number of nitrogens with one attached hydrogen (secondary N) is 1. The fourth-order valence-corrected chi connectivity index (χ4v) is 4.52. The van der Waals surface area contributed by atoms with Gasteiger partial charge in [-0.25, -0.2) is 10.2 Å². The highest BCUT2D eigenvalue weighted by Crippen LogP contribution is 2.29. The number of hydrogen-bond acceptors (Lipinski definition) is 6. The number of nitrogens with zero attached hydrogens (tertiary/aromatic N) is 1. The van der Waals surface area contributed by atoms with Crippen molar-refractivity contribution in [2.24, 2.45) is 5.10 Å². The molecule has 0 aromatic heterocycles. The first-order valence-corrected chi connectivity index (χ1v) is 13.6. The Morgan fingerprint density at radius 3 is 2.26 bits per heavy atom. The number of hydrazone groups is 1. The van der Waals surface area contributed by atoms with Gasteiger partial charge in [0.2, 0.25) is 0 Å². The third kappa shape index (κ3) is 7.46. The summed E-state index contributed by atoms with van der Waals surface area (Å²) in [6.07, 6.45) is 1.42. The van der Waals surface area contributed by atoms with Crippen LogP contribution in [-0.2, 0) is 11.4 Å². The molecule has 42 heavy (non-hydrogen) atoms. The second-order valence-electron chi connectivity index (χ2n) is 9.04. The van der Waals surface area contributed by atoms with Gasteiger partial charge in [0.15, 0.2) is 6.61 Å². The Bertz CT molecular complexity index is 1740. The molecule has 0 radical (unpaired) electrons. The number of hydrogen-bond donors (Lipinski definition) is 1. The summed E-state index contributed by atoms with van der Waals surface area (Å²) < 4.78 is 17.0. The lowest BCUT2D eigenvalue weighted by atomic mass is 10.0. The monoisotopic (exact) mass is 598 g/mol. The highest BCUT2D eigenvalue weighted by molar-refractivity contribution is 6.36. The average Bonchev–Trinajstić information content (AvgIpc) is 3.01. The predicted molar refractivity (Wildman–Crippen MR) is 164 cm³/mol. The second-order valence-corrected chi connectivity index (χ2v) is 9.88. The Hall–Kier alpha value is -4.85. The number of rotatable bonds is 10. The standard InChI is InChI=1S/C33H24Cl2N2O5/c34-24-11-16-28(30(35)18-24)33(39)42-31-17-10-23-8-4-5-9-27(23)29(31)19-36-37-32(38)21-41-26-14-12-25(13-15-26)40-20-22-6-2-1-3-7-22/h1-19H,20-21H2,(H,37,38). The quantitative estimate of drug-likeness (QED) is 0.0779. The van der Waals surface area contributed by atoms with E-state index >= 15 is 0 Å². The number of amides is 1. The maximum absolute atomic E-state index is 12.9. The first-order valence-electron chi connectivity index (χ1n) is 12.9. The van der Waals surface area contributed by atoms with E-state index in [0.717, 1.165) is 16.3 Å². The van der Waals surface area contributed by atoms with E-state index in [1.165, 1.54) is 18.3 Å². The van der Waals surface area contributed by atoms with Crippen molar-refractivity contribution in [1.82, 2.24) is 5.43 Å². The highest BCUT2D eigenvalue weighted by Gasteiger charge is 2.16. The van der Waals surface area contributed by atoms with Gasteiger partial charge in [-0.3, -0.25) is 4.79 Å². The molecule has 0 aliphatic rings. The maximum Gasteiger partial charge on any atom is 0.345 e. The van der Waals surface area contributed by atoms with Gasteiger partial charge in [-0.05, 0) is 64.9 Å². The molecule has 0 saturated carbocycles. The Morgan fingerprint density at radius 2 is 1.50 bits per heavy atom. The molecular weight excluding hydrogens is 575 g/mol. The third-order valence-corrected chi connectivity index (χ3v) is 6.66. The summed E-state index contributed by atoms with van der Waals surface area (Å²) in [7, 11) is 0. The molecule has 9 heteroatoms. The van der Waals surface area contributed by atoms with Crippen LogP contribution in [0.1, 0.15) is 21.5 Å². The van der Waals surface area contributed by atoms with E-state index in [4.69, 9.17) is 37.4 Å². The Kier molecular flexibility index (Phi) is 9.33. The summed E-state index contributed by atoms with van der Waals surface area (Å²) in [6.45, 7) is 0.196. The van der Waals surface area contributed by atoms with Crippen LogP contribution in [-0.4, -0.2) is 24.7 Å². The molecule has 0 unspecified atom stereocenters. The Balaban J connectivity index is 1.21. The molecule has 210 valence electrons. The lowest BCUT2D eigenvalue weighted by Crippen LogP contribution is -2.24. The highest BCUT2D eigenvalue weighted by atomic mass is 35.5. The van der Waals surface area contributed by atoms with Gasteiger partial charge in [0, 0.05) is 10.6 Å². The summed E-state index contributed by atoms with van der Waals surface area (Å²) in [6, 6.07) is 32.4. The first kappa shape index (κ1) is 28.7. The van der Waals surface area contributed by atoms with E-state index in [2.05, 4.69) is 10.5 Å². The van der Waals surface area contributed by atoms with Crippen molar-refractivity contribution >= 4 is 52.1 Å². The van der Waals surface area contributed by atoms with Crippen molar-refractivity contribution in [3.63, 3.8) is 0 Å². The topological polar surface area (TPSA) is 86.2 Å². The van der Waals surface area contributed by atoms with Crippen LogP contribution in [0.4, 0.5) is 0 Å². The molecule has 0 aliphatic carbocycles. The van der Waals surface area contributed by atoms with E-state index in [-0.39, 0.29) is 22.9 Å². The van der Waals surface area contributed by atoms with E-state index in [1.807, 2.05) is 60.7 Å². The number of esters is 1. The minimum atomic E-state index is -0.657. The molecule has 0 aliphatic heterocycles. The SMILES string of the molecule is O=C(COc1ccc(OCc2ccccc2)cc1)NN=Cc1c(OC(=O)c2ccc(Cl)cc2Cl)ccc2ccccc12. The van der Waals surface area contributed by atoms with E-state index in [0.29, 0.717) is 28.7 Å². The van der Waals surface area contributed by atoms with Crippen molar-refractivity contribution in [2.45, 2.75) is 6.61 Å². The molecule has 0 heterocycles.